The van der Waals surface area contributed by atoms with Crippen LogP contribution in [0.4, 0.5) is 4.39 Å². The van der Waals surface area contributed by atoms with E-state index in [-0.39, 0.29) is 5.88 Å². The van der Waals surface area contributed by atoms with Crippen LogP contribution in [0.15, 0.2) is 18.3 Å². The average molecular weight is 224 g/mol. The highest BCUT2D eigenvalue weighted by atomic mass is 19.1. The van der Waals surface area contributed by atoms with Gasteiger partial charge in [-0.2, -0.15) is 0 Å². The number of rotatable bonds is 5. The molecule has 2 rings (SSSR count). The van der Waals surface area contributed by atoms with Gasteiger partial charge in [0.1, 0.15) is 6.61 Å². The maximum Gasteiger partial charge on any atom is 0.250 e. The molecule has 0 spiro atoms. The van der Waals surface area contributed by atoms with E-state index in [2.05, 4.69) is 10.3 Å². The molecule has 0 aliphatic heterocycles. The molecule has 0 atom stereocenters. The van der Waals surface area contributed by atoms with E-state index < -0.39 is 5.82 Å². The van der Waals surface area contributed by atoms with Crippen molar-refractivity contribution in [2.75, 3.05) is 13.2 Å². The highest BCUT2D eigenvalue weighted by Gasteiger charge is 2.13. The van der Waals surface area contributed by atoms with Crippen molar-refractivity contribution in [3.8, 4) is 5.88 Å². The molecule has 1 heterocycles. The smallest absolute Gasteiger partial charge is 0.250 e. The summed E-state index contributed by atoms with van der Waals surface area (Å²) in [6.07, 6.45) is 6.65. The molecule has 1 aliphatic carbocycles. The Balaban J connectivity index is 1.66. The Morgan fingerprint density at radius 3 is 3.00 bits per heavy atom. The Kier molecular flexibility index (Phi) is 4.10. The lowest BCUT2D eigenvalue weighted by Crippen LogP contribution is -2.30. The number of nitrogens with one attached hydrogen (secondary N) is 1. The minimum Gasteiger partial charge on any atom is -0.474 e. The summed E-state index contributed by atoms with van der Waals surface area (Å²) in [6.45, 7) is 1.21. The average Bonchev–Trinajstić information content (AvgIpc) is 2.79. The second-order valence-corrected chi connectivity index (χ2v) is 4.07. The predicted octanol–water partition coefficient (Wildman–Crippen LogP) is 2.13. The molecule has 0 bridgehead atoms. The quantitative estimate of drug-likeness (QED) is 0.778. The first-order valence-corrected chi connectivity index (χ1v) is 5.83. The first kappa shape index (κ1) is 11.3. The Morgan fingerprint density at radius 1 is 1.44 bits per heavy atom. The molecular weight excluding hydrogens is 207 g/mol. The number of aromatic nitrogens is 1. The van der Waals surface area contributed by atoms with Crippen LogP contribution in [0.3, 0.4) is 0 Å². The van der Waals surface area contributed by atoms with Crippen molar-refractivity contribution >= 4 is 0 Å². The van der Waals surface area contributed by atoms with Crippen molar-refractivity contribution in [1.82, 2.24) is 10.3 Å². The van der Waals surface area contributed by atoms with Crippen molar-refractivity contribution in [2.24, 2.45) is 0 Å². The van der Waals surface area contributed by atoms with Crippen molar-refractivity contribution in [1.29, 1.82) is 0 Å². The number of hydrogen-bond acceptors (Lipinski definition) is 3. The van der Waals surface area contributed by atoms with E-state index in [1.807, 2.05) is 0 Å². The molecule has 0 aromatic carbocycles. The van der Waals surface area contributed by atoms with Gasteiger partial charge in [0.25, 0.3) is 0 Å². The highest BCUT2D eigenvalue weighted by Crippen LogP contribution is 2.17. The fraction of sp³-hybridized carbons (Fsp3) is 0.583. The lowest BCUT2D eigenvalue weighted by atomic mass is 10.2. The third-order valence-corrected chi connectivity index (χ3v) is 2.85. The summed E-state index contributed by atoms with van der Waals surface area (Å²) in [5, 5.41) is 3.40. The summed E-state index contributed by atoms with van der Waals surface area (Å²) in [5.74, 6) is -0.306. The van der Waals surface area contributed by atoms with Gasteiger partial charge in [0.05, 0.1) is 0 Å². The van der Waals surface area contributed by atoms with E-state index in [1.165, 1.54) is 37.9 Å². The number of ether oxygens (including phenoxy) is 1. The fourth-order valence-electron chi connectivity index (χ4n) is 2.02. The lowest BCUT2D eigenvalue weighted by molar-refractivity contribution is 0.280. The second kappa shape index (κ2) is 5.80. The van der Waals surface area contributed by atoms with Gasteiger partial charge in [-0.1, -0.05) is 12.8 Å². The summed E-state index contributed by atoms with van der Waals surface area (Å²) >= 11 is 0. The summed E-state index contributed by atoms with van der Waals surface area (Å²) < 4.78 is 18.4. The zero-order chi connectivity index (χ0) is 11.2. The monoisotopic (exact) mass is 224 g/mol. The van der Waals surface area contributed by atoms with E-state index in [4.69, 9.17) is 4.74 Å². The van der Waals surface area contributed by atoms with Crippen molar-refractivity contribution in [3.63, 3.8) is 0 Å². The molecule has 1 aromatic heterocycles. The number of halogens is 1. The van der Waals surface area contributed by atoms with Gasteiger partial charge in [-0.05, 0) is 25.0 Å². The van der Waals surface area contributed by atoms with Gasteiger partial charge in [-0.25, -0.2) is 9.37 Å². The Hall–Kier alpha value is -1.16. The first-order chi connectivity index (χ1) is 7.86. The topological polar surface area (TPSA) is 34.1 Å². The fourth-order valence-corrected chi connectivity index (χ4v) is 2.02. The molecule has 1 saturated carbocycles. The molecule has 1 aliphatic rings. The summed E-state index contributed by atoms with van der Waals surface area (Å²) in [6, 6.07) is 3.53. The number of nitrogens with zero attached hydrogens (tertiary/aromatic N) is 1. The van der Waals surface area contributed by atoms with Crippen LogP contribution in [0, 0.1) is 5.82 Å². The Morgan fingerprint density at radius 2 is 2.25 bits per heavy atom. The molecule has 3 nitrogen and oxygen atoms in total. The van der Waals surface area contributed by atoms with Crippen LogP contribution in [0.2, 0.25) is 0 Å². The molecule has 0 unspecified atom stereocenters. The van der Waals surface area contributed by atoms with Crippen molar-refractivity contribution in [2.45, 2.75) is 31.7 Å². The maximum absolute atomic E-state index is 13.1. The molecular formula is C12H17FN2O. The van der Waals surface area contributed by atoms with Crippen LogP contribution >= 0.6 is 0 Å². The van der Waals surface area contributed by atoms with Crippen molar-refractivity contribution in [3.05, 3.63) is 24.1 Å². The van der Waals surface area contributed by atoms with Gasteiger partial charge in [-0.15, -0.1) is 0 Å². The Bertz CT molecular complexity index is 327. The molecule has 0 amide bonds. The van der Waals surface area contributed by atoms with Gasteiger partial charge in [-0.3, -0.25) is 0 Å². The zero-order valence-corrected chi connectivity index (χ0v) is 9.29. The van der Waals surface area contributed by atoms with Crippen LogP contribution in [0.1, 0.15) is 25.7 Å². The van der Waals surface area contributed by atoms with E-state index in [9.17, 15) is 4.39 Å². The minimum absolute atomic E-state index is 0.0933. The van der Waals surface area contributed by atoms with Gasteiger partial charge < -0.3 is 10.1 Å². The number of hydrogen-bond donors (Lipinski definition) is 1. The van der Waals surface area contributed by atoms with Gasteiger partial charge >= 0.3 is 0 Å². The van der Waals surface area contributed by atoms with Gasteiger partial charge in [0.2, 0.25) is 5.88 Å². The van der Waals surface area contributed by atoms with Crippen LogP contribution in [0.25, 0.3) is 0 Å². The predicted molar refractivity (Wildman–Crippen MR) is 59.9 cm³/mol. The zero-order valence-electron chi connectivity index (χ0n) is 9.29. The third-order valence-electron chi connectivity index (χ3n) is 2.85. The van der Waals surface area contributed by atoms with Gasteiger partial charge in [0.15, 0.2) is 5.82 Å². The van der Waals surface area contributed by atoms with Crippen LogP contribution in [0.5, 0.6) is 5.88 Å². The number of pyridine rings is 1. The molecule has 16 heavy (non-hydrogen) atoms. The second-order valence-electron chi connectivity index (χ2n) is 4.07. The molecule has 88 valence electrons. The standard InChI is InChI=1S/C12H17FN2O/c13-11-6-3-7-15-12(11)16-9-8-14-10-4-1-2-5-10/h3,6-7,10,14H,1-2,4-5,8-9H2. The largest absolute Gasteiger partial charge is 0.474 e. The SMILES string of the molecule is Fc1cccnc1OCCNC1CCCC1. The third kappa shape index (κ3) is 3.17. The van der Waals surface area contributed by atoms with Crippen LogP contribution < -0.4 is 10.1 Å². The van der Waals surface area contributed by atoms with E-state index in [0.717, 1.165) is 6.54 Å². The molecule has 1 N–H and O–H groups in total. The Labute approximate surface area is 95.0 Å². The normalized spacial score (nSPS) is 16.6. The summed E-state index contributed by atoms with van der Waals surface area (Å²) in [7, 11) is 0. The lowest BCUT2D eigenvalue weighted by Gasteiger charge is -2.12. The maximum atomic E-state index is 13.1. The van der Waals surface area contributed by atoms with E-state index in [1.54, 1.807) is 6.07 Å². The minimum atomic E-state index is -0.400. The first-order valence-electron chi connectivity index (χ1n) is 5.83. The molecule has 1 aromatic rings. The molecule has 0 saturated heterocycles. The molecule has 0 radical (unpaired) electrons. The summed E-state index contributed by atoms with van der Waals surface area (Å²) in [4.78, 5) is 3.82. The molecule has 1 fully saturated rings. The highest BCUT2D eigenvalue weighted by molar-refractivity contribution is 5.12. The van der Waals surface area contributed by atoms with E-state index in [0.29, 0.717) is 12.6 Å². The van der Waals surface area contributed by atoms with Gasteiger partial charge in [0, 0.05) is 18.8 Å². The molecule has 4 heteroatoms. The summed E-state index contributed by atoms with van der Waals surface area (Å²) in [5.41, 5.74) is 0. The van der Waals surface area contributed by atoms with Crippen LogP contribution in [-0.2, 0) is 0 Å². The van der Waals surface area contributed by atoms with E-state index >= 15 is 0 Å². The van der Waals surface area contributed by atoms with Crippen LogP contribution in [-0.4, -0.2) is 24.2 Å². The van der Waals surface area contributed by atoms with Crippen molar-refractivity contribution < 1.29 is 9.13 Å².